The quantitative estimate of drug-likeness (QED) is 0.216. The van der Waals surface area contributed by atoms with Crippen molar-refractivity contribution in [2.45, 2.75) is 0 Å². The molecule has 0 aliphatic rings. The van der Waals surface area contributed by atoms with Crippen LogP contribution in [0.3, 0.4) is 0 Å². The summed E-state index contributed by atoms with van der Waals surface area (Å²) in [6, 6.07) is 42.7. The summed E-state index contributed by atoms with van der Waals surface area (Å²) in [5.74, 6) is 13.6. The second kappa shape index (κ2) is 11.5. The molecule has 0 fully saturated rings. The van der Waals surface area contributed by atoms with Crippen LogP contribution in [-0.4, -0.2) is 7.11 Å². The van der Waals surface area contributed by atoms with Crippen molar-refractivity contribution in [1.82, 2.24) is 0 Å². The average molecular weight is 509 g/mol. The SMILES string of the molecule is COc1ccc(C#Cc2ccc(C#Cc3ccc(P(=O)(c4ccccc4)c4ccccc4)cc3)cc2)cc1. The summed E-state index contributed by atoms with van der Waals surface area (Å²) in [5, 5.41) is 2.43. The summed E-state index contributed by atoms with van der Waals surface area (Å²) in [6.07, 6.45) is 0. The molecule has 3 heteroatoms. The van der Waals surface area contributed by atoms with Crippen LogP contribution >= 0.6 is 7.14 Å². The van der Waals surface area contributed by atoms with E-state index in [2.05, 4.69) is 23.7 Å². The predicted molar refractivity (Wildman–Crippen MR) is 157 cm³/mol. The molecular formula is C35H25O2P. The van der Waals surface area contributed by atoms with Gasteiger partial charge >= 0.3 is 0 Å². The van der Waals surface area contributed by atoms with Crippen molar-refractivity contribution in [1.29, 1.82) is 0 Å². The lowest BCUT2D eigenvalue weighted by Gasteiger charge is -2.20. The molecule has 0 bridgehead atoms. The highest BCUT2D eigenvalue weighted by Crippen LogP contribution is 2.42. The molecule has 0 aliphatic heterocycles. The highest BCUT2D eigenvalue weighted by atomic mass is 31.2. The van der Waals surface area contributed by atoms with Crippen LogP contribution in [0.2, 0.25) is 0 Å². The van der Waals surface area contributed by atoms with E-state index in [1.807, 2.05) is 133 Å². The van der Waals surface area contributed by atoms with Crippen molar-refractivity contribution >= 4 is 23.1 Å². The highest BCUT2D eigenvalue weighted by Gasteiger charge is 2.29. The lowest BCUT2D eigenvalue weighted by Crippen LogP contribution is -2.24. The van der Waals surface area contributed by atoms with Gasteiger partial charge in [-0.1, -0.05) is 84.3 Å². The van der Waals surface area contributed by atoms with Gasteiger partial charge in [-0.3, -0.25) is 0 Å². The fraction of sp³-hybridized carbons (Fsp3) is 0.0286. The average Bonchev–Trinajstić information content (AvgIpc) is 3.00. The molecule has 0 spiro atoms. The van der Waals surface area contributed by atoms with Crippen LogP contribution in [0.15, 0.2) is 133 Å². The summed E-state index contributed by atoms with van der Waals surface area (Å²) >= 11 is 0. The number of hydrogen-bond donors (Lipinski definition) is 0. The molecule has 38 heavy (non-hydrogen) atoms. The molecule has 182 valence electrons. The second-order valence-electron chi connectivity index (χ2n) is 8.63. The monoisotopic (exact) mass is 508 g/mol. The Morgan fingerprint density at radius 1 is 0.447 bits per heavy atom. The van der Waals surface area contributed by atoms with Crippen molar-refractivity contribution in [2.24, 2.45) is 0 Å². The Hall–Kier alpha value is -4.75. The van der Waals surface area contributed by atoms with E-state index in [1.165, 1.54) is 0 Å². The van der Waals surface area contributed by atoms with Crippen molar-refractivity contribution in [3.05, 3.63) is 156 Å². The number of benzene rings is 5. The van der Waals surface area contributed by atoms with E-state index in [-0.39, 0.29) is 0 Å². The minimum absolute atomic E-state index is 0.792. The summed E-state index contributed by atoms with van der Waals surface area (Å²) < 4.78 is 19.6. The molecule has 2 nitrogen and oxygen atoms in total. The molecule has 0 heterocycles. The third-order valence-corrected chi connectivity index (χ3v) is 9.22. The van der Waals surface area contributed by atoms with Gasteiger partial charge in [-0.15, -0.1) is 0 Å². The third kappa shape index (κ3) is 5.63. The first-order valence-corrected chi connectivity index (χ1v) is 14.0. The number of ether oxygens (including phenoxy) is 1. The molecule has 5 aromatic rings. The van der Waals surface area contributed by atoms with E-state index in [1.54, 1.807) is 7.11 Å². The van der Waals surface area contributed by atoms with E-state index < -0.39 is 7.14 Å². The minimum atomic E-state index is -2.98. The summed E-state index contributed by atoms with van der Waals surface area (Å²) in [4.78, 5) is 0. The van der Waals surface area contributed by atoms with Crippen molar-refractivity contribution in [3.8, 4) is 29.4 Å². The standard InChI is InChI=1S/C35H25O2P/c1-37-32-24-20-30(21-25-32)18-16-28-12-14-29(15-13-28)17-19-31-22-26-35(27-23-31)38(36,33-8-4-2-5-9-33)34-10-6-3-7-11-34/h2-15,20-27H,1H3. The lowest BCUT2D eigenvalue weighted by atomic mass is 10.1. The molecule has 0 saturated carbocycles. The Bertz CT molecular complexity index is 1640. The van der Waals surface area contributed by atoms with E-state index >= 15 is 0 Å². The zero-order valence-electron chi connectivity index (χ0n) is 21.0. The highest BCUT2D eigenvalue weighted by molar-refractivity contribution is 7.85. The number of hydrogen-bond acceptors (Lipinski definition) is 2. The van der Waals surface area contributed by atoms with Crippen molar-refractivity contribution < 1.29 is 9.30 Å². The van der Waals surface area contributed by atoms with Gasteiger partial charge in [0.2, 0.25) is 0 Å². The molecule has 0 saturated heterocycles. The zero-order chi connectivity index (χ0) is 26.2. The molecule has 0 unspecified atom stereocenters. The van der Waals surface area contributed by atoms with Gasteiger partial charge in [0.25, 0.3) is 0 Å². The smallest absolute Gasteiger partial charge is 0.171 e. The zero-order valence-corrected chi connectivity index (χ0v) is 21.9. The Morgan fingerprint density at radius 3 is 1.13 bits per heavy atom. The summed E-state index contributed by atoms with van der Waals surface area (Å²) in [5.41, 5.74) is 3.63. The van der Waals surface area contributed by atoms with Crippen molar-refractivity contribution in [2.75, 3.05) is 7.11 Å². The first-order valence-electron chi connectivity index (χ1n) is 12.3. The summed E-state index contributed by atoms with van der Waals surface area (Å²) in [6.45, 7) is 0. The predicted octanol–water partition coefficient (Wildman–Crippen LogP) is 6.13. The van der Waals surface area contributed by atoms with Gasteiger partial charge in [0.05, 0.1) is 7.11 Å². The first kappa shape index (κ1) is 24.9. The fourth-order valence-corrected chi connectivity index (χ4v) is 6.73. The van der Waals surface area contributed by atoms with Gasteiger partial charge in [0.15, 0.2) is 7.14 Å². The van der Waals surface area contributed by atoms with Gasteiger partial charge in [0.1, 0.15) is 5.75 Å². The Balaban J connectivity index is 1.34. The first-order chi connectivity index (χ1) is 18.6. The maximum absolute atomic E-state index is 14.5. The number of rotatable bonds is 4. The van der Waals surface area contributed by atoms with Gasteiger partial charge in [-0.2, -0.15) is 0 Å². The van der Waals surface area contributed by atoms with Gasteiger partial charge in [-0.05, 0) is 72.8 Å². The molecular weight excluding hydrogens is 483 g/mol. The van der Waals surface area contributed by atoms with Crippen LogP contribution in [0.25, 0.3) is 0 Å². The molecule has 0 radical (unpaired) electrons. The van der Waals surface area contributed by atoms with Crippen LogP contribution in [-0.2, 0) is 4.57 Å². The van der Waals surface area contributed by atoms with Gasteiger partial charge in [0, 0.05) is 38.2 Å². The fourth-order valence-electron chi connectivity index (χ4n) is 4.08. The maximum Gasteiger partial charge on any atom is 0.171 e. The molecule has 5 rings (SSSR count). The van der Waals surface area contributed by atoms with Crippen molar-refractivity contribution in [3.63, 3.8) is 0 Å². The Labute approximate surface area is 224 Å². The minimum Gasteiger partial charge on any atom is -0.497 e. The van der Waals surface area contributed by atoms with Crippen LogP contribution in [0.5, 0.6) is 5.75 Å². The molecule has 0 atom stereocenters. The largest absolute Gasteiger partial charge is 0.497 e. The molecule has 5 aromatic carbocycles. The van der Waals surface area contributed by atoms with Crippen LogP contribution in [0, 0.1) is 23.7 Å². The summed E-state index contributed by atoms with van der Waals surface area (Å²) in [7, 11) is -1.33. The molecule has 0 aliphatic carbocycles. The number of methoxy groups -OCH3 is 1. The van der Waals surface area contributed by atoms with E-state index in [0.29, 0.717) is 0 Å². The lowest BCUT2D eigenvalue weighted by molar-refractivity contribution is 0.415. The van der Waals surface area contributed by atoms with E-state index in [4.69, 9.17) is 4.74 Å². The maximum atomic E-state index is 14.5. The van der Waals surface area contributed by atoms with Crippen LogP contribution in [0.4, 0.5) is 0 Å². The normalized spacial score (nSPS) is 10.4. The third-order valence-electron chi connectivity index (χ3n) is 6.15. The van der Waals surface area contributed by atoms with Crippen LogP contribution < -0.4 is 20.7 Å². The van der Waals surface area contributed by atoms with Gasteiger partial charge in [-0.25, -0.2) is 0 Å². The van der Waals surface area contributed by atoms with Gasteiger partial charge < -0.3 is 9.30 Å². The molecule has 0 N–H and O–H groups in total. The Morgan fingerprint density at radius 2 is 0.763 bits per heavy atom. The molecule has 0 aromatic heterocycles. The topological polar surface area (TPSA) is 26.3 Å². The Kier molecular flexibility index (Phi) is 7.57. The van der Waals surface area contributed by atoms with Crippen LogP contribution in [0.1, 0.15) is 22.3 Å². The van der Waals surface area contributed by atoms with E-state index in [0.717, 1.165) is 43.9 Å². The molecule has 0 amide bonds. The second-order valence-corrected chi connectivity index (χ2v) is 11.4. The van der Waals surface area contributed by atoms with E-state index in [9.17, 15) is 4.57 Å².